The van der Waals surface area contributed by atoms with Crippen LogP contribution in [0.3, 0.4) is 0 Å². The first kappa shape index (κ1) is 14.8. The van der Waals surface area contributed by atoms with E-state index in [0.29, 0.717) is 5.70 Å². The van der Waals surface area contributed by atoms with Crippen LogP contribution in [0.5, 0.6) is 0 Å². The lowest BCUT2D eigenvalue weighted by Gasteiger charge is -2.22. The van der Waals surface area contributed by atoms with Gasteiger partial charge in [-0.3, -0.25) is 0 Å². The Bertz CT molecular complexity index is 478. The molecule has 0 bridgehead atoms. The van der Waals surface area contributed by atoms with Crippen LogP contribution >= 0.6 is 0 Å². The number of ether oxygens (including phenoxy) is 1. The number of allylic oxidation sites excluding steroid dienone is 1. The van der Waals surface area contributed by atoms with Gasteiger partial charge in [-0.1, -0.05) is 6.58 Å². The Kier molecular flexibility index (Phi) is 3.74. The molecule has 112 valence electrons. The number of hydrogen-bond donors (Lipinski definition) is 6. The SMILES string of the molecule is C=CN=C(N)/C(N)=C(\C)NC1C2O[C@H](CO)C(O)[C@]12O. The van der Waals surface area contributed by atoms with Crippen LogP contribution in [0.4, 0.5) is 0 Å². The second-order valence-electron chi connectivity index (χ2n) is 4.97. The molecule has 1 saturated heterocycles. The Morgan fingerprint density at radius 3 is 2.65 bits per heavy atom. The average Bonchev–Trinajstić information content (AvgIpc) is 2.87. The van der Waals surface area contributed by atoms with Crippen LogP contribution in [0, 0.1) is 0 Å². The molecule has 1 saturated carbocycles. The number of amidine groups is 1. The molecule has 20 heavy (non-hydrogen) atoms. The second-order valence-corrected chi connectivity index (χ2v) is 4.97. The fourth-order valence-corrected chi connectivity index (χ4v) is 2.47. The summed E-state index contributed by atoms with van der Waals surface area (Å²) in [5.41, 5.74) is 10.7. The first-order valence-corrected chi connectivity index (χ1v) is 6.22. The number of rotatable bonds is 5. The van der Waals surface area contributed by atoms with Crippen LogP contribution in [0.1, 0.15) is 6.92 Å². The Hall–Kier alpha value is -1.61. The fraction of sp³-hybridized carbons (Fsp3) is 0.583. The highest BCUT2D eigenvalue weighted by molar-refractivity contribution is 5.96. The zero-order valence-electron chi connectivity index (χ0n) is 11.2. The van der Waals surface area contributed by atoms with Gasteiger partial charge in [0.1, 0.15) is 29.7 Å². The highest BCUT2D eigenvalue weighted by Crippen LogP contribution is 2.50. The van der Waals surface area contributed by atoms with Gasteiger partial charge in [-0.15, -0.1) is 0 Å². The van der Waals surface area contributed by atoms with Gasteiger partial charge in [0.25, 0.3) is 0 Å². The first-order valence-electron chi connectivity index (χ1n) is 6.22. The molecule has 3 unspecified atom stereocenters. The molecule has 2 fully saturated rings. The molecule has 8 heteroatoms. The third kappa shape index (κ3) is 2.06. The van der Waals surface area contributed by atoms with Crippen molar-refractivity contribution in [3.8, 4) is 0 Å². The molecule has 0 aromatic carbocycles. The third-order valence-electron chi connectivity index (χ3n) is 3.76. The zero-order valence-corrected chi connectivity index (χ0v) is 11.2. The molecule has 5 atom stereocenters. The predicted octanol–water partition coefficient (Wildman–Crippen LogP) is -2.50. The molecule has 2 aliphatic rings. The lowest BCUT2D eigenvalue weighted by molar-refractivity contribution is -0.0563. The van der Waals surface area contributed by atoms with Gasteiger partial charge >= 0.3 is 0 Å². The number of nitrogens with two attached hydrogens (primary N) is 2. The van der Waals surface area contributed by atoms with Gasteiger partial charge in [0.05, 0.1) is 18.3 Å². The molecule has 8 nitrogen and oxygen atoms in total. The number of nitrogens with one attached hydrogen (secondary N) is 1. The summed E-state index contributed by atoms with van der Waals surface area (Å²) in [5.74, 6) is 0.109. The molecule has 0 spiro atoms. The molecule has 1 aliphatic heterocycles. The van der Waals surface area contributed by atoms with Gasteiger partial charge in [0.2, 0.25) is 0 Å². The Balaban J connectivity index is 2.06. The lowest BCUT2D eigenvalue weighted by Crippen LogP contribution is -2.44. The van der Waals surface area contributed by atoms with Crippen molar-refractivity contribution >= 4 is 5.84 Å². The predicted molar refractivity (Wildman–Crippen MR) is 72.3 cm³/mol. The van der Waals surface area contributed by atoms with Crippen LogP contribution < -0.4 is 16.8 Å². The smallest absolute Gasteiger partial charge is 0.148 e. The lowest BCUT2D eigenvalue weighted by atomic mass is 10.1. The number of fused-ring (bicyclic) bond motifs is 1. The molecule has 1 heterocycles. The molecule has 2 rings (SSSR count). The molecule has 0 radical (unpaired) electrons. The summed E-state index contributed by atoms with van der Waals surface area (Å²) in [6.07, 6.45) is -1.23. The van der Waals surface area contributed by atoms with Crippen molar-refractivity contribution in [3.05, 3.63) is 24.2 Å². The van der Waals surface area contributed by atoms with Crippen molar-refractivity contribution in [2.45, 2.75) is 36.9 Å². The van der Waals surface area contributed by atoms with E-state index in [1.165, 1.54) is 6.20 Å². The minimum atomic E-state index is -1.42. The maximum Gasteiger partial charge on any atom is 0.148 e. The van der Waals surface area contributed by atoms with E-state index in [0.717, 1.165) is 0 Å². The van der Waals surface area contributed by atoms with E-state index in [4.69, 9.17) is 21.3 Å². The highest BCUT2D eigenvalue weighted by atomic mass is 16.6. The maximum absolute atomic E-state index is 10.3. The fourth-order valence-electron chi connectivity index (χ4n) is 2.47. The number of aliphatic imine (C=N–C) groups is 1. The summed E-state index contributed by atoms with van der Waals surface area (Å²) < 4.78 is 5.35. The van der Waals surface area contributed by atoms with E-state index in [-0.39, 0.29) is 18.1 Å². The van der Waals surface area contributed by atoms with Crippen LogP contribution in [-0.2, 0) is 4.74 Å². The summed E-state index contributed by atoms with van der Waals surface area (Å²) >= 11 is 0. The third-order valence-corrected chi connectivity index (χ3v) is 3.76. The number of aliphatic hydroxyl groups is 3. The van der Waals surface area contributed by atoms with Crippen LogP contribution in [0.15, 0.2) is 29.2 Å². The monoisotopic (exact) mass is 284 g/mol. The Morgan fingerprint density at radius 1 is 1.55 bits per heavy atom. The quantitative estimate of drug-likeness (QED) is 0.242. The van der Waals surface area contributed by atoms with Crippen LogP contribution in [0.2, 0.25) is 0 Å². The standard InChI is InChI=1S/C12H20N4O4/c1-3-15-11(14)7(13)5(2)16-8-10-12(8,19)9(18)6(4-17)20-10/h3,6,8-10,16-19H,1,4,13H2,2H3,(H2,14,15)/b7-5-/t6-,8?,9?,10?,12-/m1/s1. The van der Waals surface area contributed by atoms with E-state index >= 15 is 0 Å². The largest absolute Gasteiger partial charge is 0.394 e. The Morgan fingerprint density at radius 2 is 2.20 bits per heavy atom. The number of aliphatic hydroxyl groups excluding tert-OH is 2. The van der Waals surface area contributed by atoms with Crippen molar-refractivity contribution in [1.29, 1.82) is 0 Å². The molecule has 0 aromatic heterocycles. The van der Waals surface area contributed by atoms with E-state index in [1.807, 2.05) is 0 Å². The second kappa shape index (κ2) is 5.06. The topological polar surface area (TPSA) is 146 Å². The van der Waals surface area contributed by atoms with Crippen LogP contribution in [-0.4, -0.2) is 57.7 Å². The molecule has 0 aromatic rings. The van der Waals surface area contributed by atoms with Crippen molar-refractivity contribution in [2.24, 2.45) is 16.5 Å². The number of nitrogens with zero attached hydrogens (tertiary/aromatic N) is 1. The van der Waals surface area contributed by atoms with Crippen molar-refractivity contribution < 1.29 is 20.1 Å². The van der Waals surface area contributed by atoms with E-state index in [9.17, 15) is 10.2 Å². The average molecular weight is 284 g/mol. The van der Waals surface area contributed by atoms with Gasteiger partial charge in [0.15, 0.2) is 0 Å². The summed E-state index contributed by atoms with van der Waals surface area (Å²) in [7, 11) is 0. The summed E-state index contributed by atoms with van der Waals surface area (Å²) in [5, 5.41) is 32.1. The molecule has 8 N–H and O–H groups in total. The maximum atomic E-state index is 10.3. The van der Waals surface area contributed by atoms with Crippen LogP contribution in [0.25, 0.3) is 0 Å². The summed E-state index contributed by atoms with van der Waals surface area (Å²) in [6.45, 7) is 4.75. The van der Waals surface area contributed by atoms with Gasteiger partial charge in [0, 0.05) is 11.9 Å². The van der Waals surface area contributed by atoms with E-state index in [2.05, 4.69) is 16.9 Å². The number of hydrogen-bond acceptors (Lipinski definition) is 7. The van der Waals surface area contributed by atoms with Gasteiger partial charge in [-0.05, 0) is 6.92 Å². The van der Waals surface area contributed by atoms with E-state index in [1.54, 1.807) is 6.92 Å². The normalized spacial score (nSPS) is 40.9. The highest BCUT2D eigenvalue weighted by Gasteiger charge is 2.76. The first-order chi connectivity index (χ1) is 9.37. The van der Waals surface area contributed by atoms with Crippen molar-refractivity contribution in [1.82, 2.24) is 5.32 Å². The summed E-state index contributed by atoms with van der Waals surface area (Å²) in [6, 6.07) is -0.504. The molecular weight excluding hydrogens is 264 g/mol. The molecule has 0 amide bonds. The van der Waals surface area contributed by atoms with Gasteiger partial charge in [-0.25, -0.2) is 4.99 Å². The minimum Gasteiger partial charge on any atom is -0.394 e. The van der Waals surface area contributed by atoms with Gasteiger partial charge in [-0.2, -0.15) is 0 Å². The Labute approximate surface area is 116 Å². The van der Waals surface area contributed by atoms with Crippen molar-refractivity contribution in [2.75, 3.05) is 6.61 Å². The van der Waals surface area contributed by atoms with E-state index < -0.39 is 30.0 Å². The minimum absolute atomic E-state index is 0.109. The molecular formula is C12H20N4O4. The van der Waals surface area contributed by atoms with Gasteiger partial charge < -0.3 is 36.8 Å². The summed E-state index contributed by atoms with van der Waals surface area (Å²) in [4.78, 5) is 3.76. The van der Waals surface area contributed by atoms with Crippen molar-refractivity contribution in [3.63, 3.8) is 0 Å². The molecule has 1 aliphatic carbocycles. The zero-order chi connectivity index (χ0) is 15.1.